The Balaban J connectivity index is 2.20. The maximum atomic E-state index is 13.2. The van der Waals surface area contributed by atoms with Crippen molar-refractivity contribution in [2.24, 2.45) is 0 Å². The minimum Gasteiger partial charge on any atom is -0.488 e. The van der Waals surface area contributed by atoms with Gasteiger partial charge in [-0.05, 0) is 43.3 Å². The van der Waals surface area contributed by atoms with Crippen molar-refractivity contribution < 1.29 is 14.2 Å². The molecule has 0 heterocycles. The standard InChI is InChI=1S/C15H13Cl2FO2/c1-9(19)13-7-12(18)3-5-15(13)20-8-10-6-11(16)2-4-14(10)17/h2-7,9,19H,8H2,1H3/t9-/m1/s1. The Hall–Kier alpha value is -1.29. The van der Waals surface area contributed by atoms with Crippen LogP contribution < -0.4 is 4.74 Å². The molecule has 0 spiro atoms. The number of hydrogen-bond donors (Lipinski definition) is 1. The van der Waals surface area contributed by atoms with Crippen molar-refractivity contribution >= 4 is 23.2 Å². The van der Waals surface area contributed by atoms with E-state index in [0.29, 0.717) is 21.4 Å². The Morgan fingerprint density at radius 3 is 2.65 bits per heavy atom. The van der Waals surface area contributed by atoms with Gasteiger partial charge in [-0.25, -0.2) is 4.39 Å². The van der Waals surface area contributed by atoms with Gasteiger partial charge in [-0.3, -0.25) is 0 Å². The fourth-order valence-corrected chi connectivity index (χ4v) is 2.15. The first-order valence-corrected chi connectivity index (χ1v) is 6.77. The highest BCUT2D eigenvalue weighted by Crippen LogP contribution is 2.28. The summed E-state index contributed by atoms with van der Waals surface area (Å²) >= 11 is 11.9. The molecule has 0 unspecified atom stereocenters. The summed E-state index contributed by atoms with van der Waals surface area (Å²) in [6.45, 7) is 1.73. The molecule has 0 bridgehead atoms. The molecule has 0 amide bonds. The van der Waals surface area contributed by atoms with Crippen LogP contribution in [0.2, 0.25) is 10.0 Å². The van der Waals surface area contributed by atoms with E-state index in [9.17, 15) is 9.50 Å². The minimum absolute atomic E-state index is 0.185. The van der Waals surface area contributed by atoms with Gasteiger partial charge in [0.2, 0.25) is 0 Å². The summed E-state index contributed by atoms with van der Waals surface area (Å²) in [5.41, 5.74) is 1.11. The summed E-state index contributed by atoms with van der Waals surface area (Å²) in [5, 5.41) is 10.7. The van der Waals surface area contributed by atoms with Gasteiger partial charge in [0.25, 0.3) is 0 Å². The third kappa shape index (κ3) is 3.63. The fraction of sp³-hybridized carbons (Fsp3) is 0.200. The second kappa shape index (κ2) is 6.44. The van der Waals surface area contributed by atoms with Crippen LogP contribution >= 0.6 is 23.2 Å². The third-order valence-electron chi connectivity index (χ3n) is 2.81. The molecule has 2 nitrogen and oxygen atoms in total. The zero-order chi connectivity index (χ0) is 14.7. The molecule has 20 heavy (non-hydrogen) atoms. The molecule has 1 atom stereocenters. The fourth-order valence-electron chi connectivity index (χ4n) is 1.79. The molecule has 1 N–H and O–H groups in total. The number of ether oxygens (including phenoxy) is 1. The van der Waals surface area contributed by atoms with Gasteiger partial charge >= 0.3 is 0 Å². The van der Waals surface area contributed by atoms with Gasteiger partial charge in [0.1, 0.15) is 18.2 Å². The van der Waals surface area contributed by atoms with Crippen LogP contribution in [-0.2, 0) is 6.61 Å². The first kappa shape index (κ1) is 15.1. The summed E-state index contributed by atoms with van der Waals surface area (Å²) < 4.78 is 18.8. The van der Waals surface area contributed by atoms with Crippen LogP contribution in [0.15, 0.2) is 36.4 Å². The number of halogens is 3. The van der Waals surface area contributed by atoms with Gasteiger partial charge in [-0.1, -0.05) is 23.2 Å². The lowest BCUT2D eigenvalue weighted by molar-refractivity contribution is 0.189. The monoisotopic (exact) mass is 314 g/mol. The molecular weight excluding hydrogens is 302 g/mol. The average Bonchev–Trinajstić information content (AvgIpc) is 2.40. The topological polar surface area (TPSA) is 29.5 Å². The number of rotatable bonds is 4. The average molecular weight is 315 g/mol. The van der Waals surface area contributed by atoms with Crippen molar-refractivity contribution in [1.29, 1.82) is 0 Å². The largest absolute Gasteiger partial charge is 0.488 e. The molecule has 0 aliphatic carbocycles. The van der Waals surface area contributed by atoms with Crippen LogP contribution in [0.5, 0.6) is 5.75 Å². The first-order valence-electron chi connectivity index (χ1n) is 6.01. The van der Waals surface area contributed by atoms with Gasteiger partial charge in [-0.2, -0.15) is 0 Å². The summed E-state index contributed by atoms with van der Waals surface area (Å²) in [7, 11) is 0. The number of aliphatic hydroxyl groups excluding tert-OH is 1. The zero-order valence-corrected chi connectivity index (χ0v) is 12.2. The highest BCUT2D eigenvalue weighted by atomic mass is 35.5. The van der Waals surface area contributed by atoms with Crippen LogP contribution in [0.25, 0.3) is 0 Å². The summed E-state index contributed by atoms with van der Waals surface area (Å²) in [6.07, 6.45) is -0.824. The first-order chi connectivity index (χ1) is 9.47. The molecule has 2 aromatic rings. The summed E-state index contributed by atoms with van der Waals surface area (Å²) in [6, 6.07) is 9.08. The molecule has 0 fully saturated rings. The molecular formula is C15H13Cl2FO2. The molecule has 0 saturated heterocycles. The zero-order valence-electron chi connectivity index (χ0n) is 10.7. The molecule has 106 valence electrons. The number of aliphatic hydroxyl groups is 1. The summed E-state index contributed by atoms with van der Waals surface area (Å²) in [4.78, 5) is 0. The van der Waals surface area contributed by atoms with Crippen LogP contribution in [0.4, 0.5) is 4.39 Å². The molecule has 0 aliphatic rings. The van der Waals surface area contributed by atoms with Crippen LogP contribution in [-0.4, -0.2) is 5.11 Å². The normalized spacial score (nSPS) is 12.2. The van der Waals surface area contributed by atoms with Gasteiger partial charge in [-0.15, -0.1) is 0 Å². The van der Waals surface area contributed by atoms with E-state index in [2.05, 4.69) is 0 Å². The van der Waals surface area contributed by atoms with Crippen molar-refractivity contribution in [1.82, 2.24) is 0 Å². The van der Waals surface area contributed by atoms with Crippen molar-refractivity contribution in [3.8, 4) is 5.75 Å². The van der Waals surface area contributed by atoms with Gasteiger partial charge < -0.3 is 9.84 Å². The van der Waals surface area contributed by atoms with E-state index in [4.69, 9.17) is 27.9 Å². The van der Waals surface area contributed by atoms with Crippen LogP contribution in [0.1, 0.15) is 24.2 Å². The highest BCUT2D eigenvalue weighted by Gasteiger charge is 2.11. The maximum absolute atomic E-state index is 13.2. The van der Waals surface area contributed by atoms with E-state index in [1.165, 1.54) is 18.2 Å². The lowest BCUT2D eigenvalue weighted by atomic mass is 10.1. The lowest BCUT2D eigenvalue weighted by Gasteiger charge is -2.14. The summed E-state index contributed by atoms with van der Waals surface area (Å²) in [5.74, 6) is -0.00789. The quantitative estimate of drug-likeness (QED) is 0.881. The predicted molar refractivity (Wildman–Crippen MR) is 77.8 cm³/mol. The Morgan fingerprint density at radius 1 is 1.20 bits per heavy atom. The molecule has 2 aromatic carbocycles. The number of hydrogen-bond acceptors (Lipinski definition) is 2. The van der Waals surface area contributed by atoms with Gasteiger partial charge in [0, 0.05) is 21.2 Å². The Morgan fingerprint density at radius 2 is 1.95 bits per heavy atom. The van der Waals surface area contributed by atoms with Gasteiger partial charge in [0.15, 0.2) is 0 Å². The van der Waals surface area contributed by atoms with Crippen molar-refractivity contribution in [2.45, 2.75) is 19.6 Å². The molecule has 0 radical (unpaired) electrons. The van der Waals surface area contributed by atoms with Crippen LogP contribution in [0, 0.1) is 5.82 Å². The van der Waals surface area contributed by atoms with Crippen molar-refractivity contribution in [3.63, 3.8) is 0 Å². The second-order valence-electron chi connectivity index (χ2n) is 4.38. The lowest BCUT2D eigenvalue weighted by Crippen LogP contribution is -2.02. The third-order valence-corrected chi connectivity index (χ3v) is 3.42. The van der Waals surface area contributed by atoms with E-state index in [-0.39, 0.29) is 6.61 Å². The van der Waals surface area contributed by atoms with Gasteiger partial charge in [0.05, 0.1) is 6.10 Å². The Bertz CT molecular complexity index is 615. The predicted octanol–water partition coefficient (Wildman–Crippen LogP) is 4.76. The van der Waals surface area contributed by atoms with Crippen LogP contribution in [0.3, 0.4) is 0 Å². The number of benzene rings is 2. The SMILES string of the molecule is C[C@@H](O)c1cc(F)ccc1OCc1cc(Cl)ccc1Cl. The minimum atomic E-state index is -0.824. The van der Waals surface area contributed by atoms with E-state index >= 15 is 0 Å². The van der Waals surface area contributed by atoms with E-state index in [1.807, 2.05) is 0 Å². The van der Waals surface area contributed by atoms with E-state index in [1.54, 1.807) is 25.1 Å². The molecule has 5 heteroatoms. The maximum Gasteiger partial charge on any atom is 0.125 e. The van der Waals surface area contributed by atoms with E-state index < -0.39 is 11.9 Å². The van der Waals surface area contributed by atoms with E-state index in [0.717, 1.165) is 5.56 Å². The smallest absolute Gasteiger partial charge is 0.125 e. The molecule has 0 saturated carbocycles. The van der Waals surface area contributed by atoms with Crippen molar-refractivity contribution in [3.05, 3.63) is 63.4 Å². The second-order valence-corrected chi connectivity index (χ2v) is 5.23. The molecule has 0 aliphatic heterocycles. The molecule has 2 rings (SSSR count). The molecule has 0 aromatic heterocycles. The van der Waals surface area contributed by atoms with Crippen molar-refractivity contribution in [2.75, 3.05) is 0 Å². The Labute approximate surface area is 126 Å². The highest BCUT2D eigenvalue weighted by molar-refractivity contribution is 6.33. The Kier molecular flexibility index (Phi) is 4.86.